The van der Waals surface area contributed by atoms with Crippen LogP contribution in [0.3, 0.4) is 0 Å². The van der Waals surface area contributed by atoms with Gasteiger partial charge in [0, 0.05) is 29.7 Å². The fourth-order valence-electron chi connectivity index (χ4n) is 3.62. The van der Waals surface area contributed by atoms with E-state index >= 15 is 0 Å². The van der Waals surface area contributed by atoms with Gasteiger partial charge in [-0.15, -0.1) is 11.3 Å². The summed E-state index contributed by atoms with van der Waals surface area (Å²) >= 11 is 1.64. The summed E-state index contributed by atoms with van der Waals surface area (Å²) in [5.41, 5.74) is 3.13. The minimum absolute atomic E-state index is 0.238. The van der Waals surface area contributed by atoms with Crippen LogP contribution in [0.2, 0.25) is 0 Å². The van der Waals surface area contributed by atoms with Gasteiger partial charge >= 0.3 is 0 Å². The quantitative estimate of drug-likeness (QED) is 0.460. The molecule has 0 bridgehead atoms. The molecule has 2 aromatic carbocycles. The number of hydrogen-bond acceptors (Lipinski definition) is 7. The lowest BCUT2D eigenvalue weighted by Gasteiger charge is -2.25. The molecular formula is C23H22N4O2S. The third-order valence-electron chi connectivity index (χ3n) is 5.16. The summed E-state index contributed by atoms with van der Waals surface area (Å²) < 4.78 is 5.46. The van der Waals surface area contributed by atoms with E-state index < -0.39 is 0 Å². The van der Waals surface area contributed by atoms with E-state index in [-0.39, 0.29) is 5.75 Å². The molecule has 1 aliphatic heterocycles. The molecule has 7 heteroatoms. The number of phenols is 1. The highest BCUT2D eigenvalue weighted by molar-refractivity contribution is 7.17. The summed E-state index contributed by atoms with van der Waals surface area (Å²) in [5.74, 6) is 1.82. The number of benzene rings is 2. The van der Waals surface area contributed by atoms with E-state index in [1.165, 1.54) is 0 Å². The first-order chi connectivity index (χ1) is 14.8. The van der Waals surface area contributed by atoms with Crippen molar-refractivity contribution in [1.29, 1.82) is 0 Å². The number of phenolic OH excluding ortho intramolecular Hbond substituents is 1. The van der Waals surface area contributed by atoms with Crippen molar-refractivity contribution in [1.82, 2.24) is 14.9 Å². The van der Waals surface area contributed by atoms with Crippen LogP contribution in [0.25, 0.3) is 21.3 Å². The number of aromatic hydroxyl groups is 1. The van der Waals surface area contributed by atoms with E-state index in [9.17, 15) is 5.11 Å². The largest absolute Gasteiger partial charge is 0.508 e. The fourth-order valence-corrected chi connectivity index (χ4v) is 4.58. The van der Waals surface area contributed by atoms with Crippen molar-refractivity contribution in [2.24, 2.45) is 0 Å². The molecule has 4 aromatic rings. The average Bonchev–Trinajstić information content (AvgIpc) is 3.21. The fraction of sp³-hybridized carbons (Fsp3) is 0.217. The number of nitrogens with one attached hydrogen (secondary N) is 1. The van der Waals surface area contributed by atoms with Crippen LogP contribution in [0, 0.1) is 0 Å². The first kappa shape index (κ1) is 19.0. The number of rotatable bonds is 5. The lowest BCUT2D eigenvalue weighted by Crippen LogP contribution is -2.36. The number of anilines is 2. The highest BCUT2D eigenvalue weighted by Gasteiger charge is 2.18. The first-order valence-corrected chi connectivity index (χ1v) is 10.8. The summed E-state index contributed by atoms with van der Waals surface area (Å²) in [6, 6.07) is 17.3. The molecule has 0 atom stereocenters. The van der Waals surface area contributed by atoms with Crippen molar-refractivity contribution >= 4 is 33.1 Å². The second-order valence-corrected chi connectivity index (χ2v) is 8.10. The van der Waals surface area contributed by atoms with E-state index in [1.807, 2.05) is 30.3 Å². The van der Waals surface area contributed by atoms with E-state index in [1.54, 1.807) is 23.5 Å². The first-order valence-electron chi connectivity index (χ1n) is 9.96. The molecular weight excluding hydrogens is 396 g/mol. The van der Waals surface area contributed by atoms with Gasteiger partial charge in [0.1, 0.15) is 22.2 Å². The molecule has 0 unspecified atom stereocenters. The van der Waals surface area contributed by atoms with E-state index in [4.69, 9.17) is 14.7 Å². The summed E-state index contributed by atoms with van der Waals surface area (Å²) in [5, 5.41) is 16.2. The predicted octanol–water partition coefficient (Wildman–Crippen LogP) is 4.64. The van der Waals surface area contributed by atoms with Crippen LogP contribution in [0.1, 0.15) is 5.82 Å². The van der Waals surface area contributed by atoms with Crippen LogP contribution in [0.4, 0.5) is 11.5 Å². The van der Waals surface area contributed by atoms with E-state index in [2.05, 4.69) is 27.7 Å². The molecule has 0 aliphatic carbocycles. The average molecular weight is 419 g/mol. The Morgan fingerprint density at radius 2 is 1.77 bits per heavy atom. The van der Waals surface area contributed by atoms with Crippen LogP contribution >= 0.6 is 11.3 Å². The lowest BCUT2D eigenvalue weighted by atomic mass is 10.1. The molecule has 6 nitrogen and oxygen atoms in total. The maximum absolute atomic E-state index is 9.61. The Labute approximate surface area is 178 Å². The van der Waals surface area contributed by atoms with Gasteiger partial charge in [-0.05, 0) is 29.8 Å². The third-order valence-corrected chi connectivity index (χ3v) is 6.04. The Bertz CT molecular complexity index is 1140. The third kappa shape index (κ3) is 4.00. The minimum Gasteiger partial charge on any atom is -0.508 e. The molecule has 3 heterocycles. The van der Waals surface area contributed by atoms with Gasteiger partial charge < -0.3 is 15.2 Å². The van der Waals surface area contributed by atoms with Gasteiger partial charge in [0.25, 0.3) is 0 Å². The zero-order valence-corrected chi connectivity index (χ0v) is 17.2. The minimum atomic E-state index is 0.238. The molecule has 30 heavy (non-hydrogen) atoms. The van der Waals surface area contributed by atoms with Crippen LogP contribution in [0.15, 0.2) is 60.0 Å². The highest BCUT2D eigenvalue weighted by Crippen LogP contribution is 2.38. The van der Waals surface area contributed by atoms with Crippen molar-refractivity contribution in [2.45, 2.75) is 6.54 Å². The van der Waals surface area contributed by atoms with E-state index in [0.29, 0.717) is 6.54 Å². The zero-order valence-electron chi connectivity index (χ0n) is 16.4. The van der Waals surface area contributed by atoms with Crippen LogP contribution in [0.5, 0.6) is 5.75 Å². The summed E-state index contributed by atoms with van der Waals surface area (Å²) in [6.07, 6.45) is 0. The van der Waals surface area contributed by atoms with Gasteiger partial charge in [-0.3, -0.25) is 4.90 Å². The maximum Gasteiger partial charge on any atom is 0.146 e. The number of ether oxygens (including phenoxy) is 1. The Morgan fingerprint density at radius 3 is 2.53 bits per heavy atom. The van der Waals surface area contributed by atoms with Crippen molar-refractivity contribution in [3.8, 4) is 16.9 Å². The van der Waals surface area contributed by atoms with Crippen molar-refractivity contribution in [3.63, 3.8) is 0 Å². The highest BCUT2D eigenvalue weighted by atomic mass is 32.1. The Kier molecular flexibility index (Phi) is 5.31. The number of nitrogens with zero attached hydrogens (tertiary/aromatic N) is 3. The second-order valence-electron chi connectivity index (χ2n) is 7.24. The molecule has 5 rings (SSSR count). The second kappa shape index (κ2) is 8.39. The molecule has 0 spiro atoms. The maximum atomic E-state index is 9.61. The van der Waals surface area contributed by atoms with Crippen molar-refractivity contribution < 1.29 is 9.84 Å². The normalized spacial score (nSPS) is 14.8. The molecule has 1 saturated heterocycles. The van der Waals surface area contributed by atoms with Gasteiger partial charge in [-0.2, -0.15) is 0 Å². The Morgan fingerprint density at radius 1 is 1.00 bits per heavy atom. The van der Waals surface area contributed by atoms with Gasteiger partial charge in [0.05, 0.1) is 25.1 Å². The van der Waals surface area contributed by atoms with Crippen LogP contribution < -0.4 is 5.32 Å². The monoisotopic (exact) mass is 418 g/mol. The summed E-state index contributed by atoms with van der Waals surface area (Å²) in [6.45, 7) is 3.97. The molecule has 2 aromatic heterocycles. The number of thiophene rings is 1. The molecule has 152 valence electrons. The van der Waals surface area contributed by atoms with Crippen molar-refractivity contribution in [3.05, 3.63) is 65.8 Å². The van der Waals surface area contributed by atoms with Gasteiger partial charge in [-0.1, -0.05) is 30.3 Å². The van der Waals surface area contributed by atoms with Gasteiger partial charge in [0.2, 0.25) is 0 Å². The predicted molar refractivity (Wildman–Crippen MR) is 120 cm³/mol. The number of hydrogen-bond donors (Lipinski definition) is 2. The zero-order chi connectivity index (χ0) is 20.3. The SMILES string of the molecule is Oc1ccc(Nc2nc(CN3CCOCC3)nc3scc(-c4ccccc4)c23)cc1. The van der Waals surface area contributed by atoms with Gasteiger partial charge in [0.15, 0.2) is 0 Å². The molecule has 0 saturated carbocycles. The van der Waals surface area contributed by atoms with Crippen molar-refractivity contribution in [2.75, 3.05) is 31.6 Å². The van der Waals surface area contributed by atoms with Crippen LogP contribution in [-0.2, 0) is 11.3 Å². The smallest absolute Gasteiger partial charge is 0.146 e. The lowest BCUT2D eigenvalue weighted by molar-refractivity contribution is 0.0331. The summed E-state index contributed by atoms with van der Waals surface area (Å²) in [7, 11) is 0. The summed E-state index contributed by atoms with van der Waals surface area (Å²) in [4.78, 5) is 13.1. The number of fused-ring (bicyclic) bond motifs is 1. The molecule has 0 amide bonds. The topological polar surface area (TPSA) is 70.5 Å². The van der Waals surface area contributed by atoms with Crippen LogP contribution in [-0.4, -0.2) is 46.3 Å². The standard InChI is InChI=1S/C23H22N4O2S/c28-18-8-6-17(7-9-18)24-22-21-19(16-4-2-1-3-5-16)15-30-23(21)26-20(25-22)14-27-10-12-29-13-11-27/h1-9,15,28H,10-14H2,(H,24,25,26). The number of aromatic nitrogens is 2. The Balaban J connectivity index is 1.58. The Hall–Kier alpha value is -3.00. The molecule has 1 fully saturated rings. The molecule has 1 aliphatic rings. The molecule has 0 radical (unpaired) electrons. The van der Waals surface area contributed by atoms with E-state index in [0.717, 1.165) is 65.0 Å². The molecule has 2 N–H and O–H groups in total. The van der Waals surface area contributed by atoms with Gasteiger partial charge in [-0.25, -0.2) is 9.97 Å². The number of morpholine rings is 1.